The highest BCUT2D eigenvalue weighted by atomic mass is 16.4. The fourth-order valence-corrected chi connectivity index (χ4v) is 2.22. The van der Waals surface area contributed by atoms with Crippen LogP contribution in [0.2, 0.25) is 0 Å². The van der Waals surface area contributed by atoms with Crippen LogP contribution in [0.4, 0.5) is 0 Å². The molecule has 6 nitrogen and oxygen atoms in total. The molecule has 1 aromatic heterocycles. The van der Waals surface area contributed by atoms with Gasteiger partial charge in [-0.3, -0.25) is 4.79 Å². The van der Waals surface area contributed by atoms with Gasteiger partial charge in [0, 0.05) is 12.6 Å². The number of amides is 1. The van der Waals surface area contributed by atoms with E-state index in [1.807, 2.05) is 7.05 Å². The molecule has 0 aromatic carbocycles. The number of hydrogen-bond acceptors (Lipinski definition) is 4. The molecule has 1 aromatic rings. The summed E-state index contributed by atoms with van der Waals surface area (Å²) in [5.41, 5.74) is 0.0196. The predicted molar refractivity (Wildman–Crippen MR) is 69.2 cm³/mol. The summed E-state index contributed by atoms with van der Waals surface area (Å²) >= 11 is 0. The monoisotopic (exact) mass is 263 g/mol. The number of aromatic carboxylic acids is 1. The molecule has 2 rings (SSSR count). The van der Waals surface area contributed by atoms with Gasteiger partial charge in [-0.25, -0.2) is 9.78 Å². The first kappa shape index (κ1) is 13.5. The van der Waals surface area contributed by atoms with Crippen molar-refractivity contribution in [3.05, 3.63) is 29.6 Å². The van der Waals surface area contributed by atoms with E-state index in [9.17, 15) is 9.59 Å². The number of aromatic nitrogens is 1. The van der Waals surface area contributed by atoms with E-state index < -0.39 is 5.97 Å². The number of carboxylic acids is 1. The molecule has 1 amide bonds. The first-order valence-corrected chi connectivity index (χ1v) is 6.26. The second kappa shape index (κ2) is 5.79. The fourth-order valence-electron chi connectivity index (χ4n) is 2.22. The Labute approximate surface area is 111 Å². The highest BCUT2D eigenvalue weighted by Crippen LogP contribution is 2.13. The molecular weight excluding hydrogens is 246 g/mol. The number of pyridine rings is 1. The number of likely N-dealkylation sites (N-methyl/N-ethyl adjacent to an activating group) is 1. The molecule has 0 spiro atoms. The van der Waals surface area contributed by atoms with Crippen LogP contribution < -0.4 is 5.32 Å². The normalized spacial score (nSPS) is 19.3. The molecule has 0 saturated carbocycles. The topological polar surface area (TPSA) is 82.5 Å². The van der Waals surface area contributed by atoms with Crippen molar-refractivity contribution in [2.24, 2.45) is 0 Å². The summed E-state index contributed by atoms with van der Waals surface area (Å²) in [4.78, 5) is 28.7. The summed E-state index contributed by atoms with van der Waals surface area (Å²) in [5, 5.41) is 11.6. The molecule has 1 unspecified atom stereocenters. The van der Waals surface area contributed by atoms with E-state index in [0.717, 1.165) is 19.4 Å². The van der Waals surface area contributed by atoms with E-state index in [0.29, 0.717) is 12.6 Å². The largest absolute Gasteiger partial charge is 0.477 e. The molecule has 1 aliphatic heterocycles. The van der Waals surface area contributed by atoms with Gasteiger partial charge in [0.2, 0.25) is 0 Å². The summed E-state index contributed by atoms with van der Waals surface area (Å²) in [5.74, 6) is -1.46. The van der Waals surface area contributed by atoms with Crippen LogP contribution in [-0.4, -0.2) is 53.0 Å². The molecule has 2 N–H and O–H groups in total. The summed E-state index contributed by atoms with van der Waals surface area (Å²) in [6.45, 7) is 1.61. The van der Waals surface area contributed by atoms with E-state index in [-0.39, 0.29) is 17.3 Å². The van der Waals surface area contributed by atoms with Crippen LogP contribution in [0.1, 0.15) is 33.8 Å². The zero-order valence-corrected chi connectivity index (χ0v) is 10.8. The van der Waals surface area contributed by atoms with Crippen molar-refractivity contribution in [3.8, 4) is 0 Å². The number of carbonyl (C=O) groups excluding carboxylic acids is 1. The number of nitrogens with one attached hydrogen (secondary N) is 1. The lowest BCUT2D eigenvalue weighted by Crippen LogP contribution is -2.38. The second-order valence-electron chi connectivity index (χ2n) is 4.70. The number of likely N-dealkylation sites (tertiary alicyclic amines) is 1. The number of carbonyl (C=O) groups is 2. The van der Waals surface area contributed by atoms with Gasteiger partial charge in [0.05, 0.1) is 0 Å². The maximum absolute atomic E-state index is 11.9. The van der Waals surface area contributed by atoms with Gasteiger partial charge in [-0.1, -0.05) is 6.07 Å². The Bertz CT molecular complexity index is 490. The summed E-state index contributed by atoms with van der Waals surface area (Å²) in [6.07, 6.45) is 2.21. The molecule has 1 fully saturated rings. The molecule has 0 bridgehead atoms. The molecule has 19 heavy (non-hydrogen) atoms. The molecule has 102 valence electrons. The van der Waals surface area contributed by atoms with Crippen LogP contribution in [0.3, 0.4) is 0 Å². The molecule has 1 atom stereocenters. The van der Waals surface area contributed by atoms with Crippen molar-refractivity contribution in [2.45, 2.75) is 18.9 Å². The van der Waals surface area contributed by atoms with Gasteiger partial charge >= 0.3 is 5.97 Å². The fraction of sp³-hybridized carbons (Fsp3) is 0.462. The molecule has 1 saturated heterocycles. The minimum atomic E-state index is -1.13. The highest BCUT2D eigenvalue weighted by Gasteiger charge is 2.21. The van der Waals surface area contributed by atoms with E-state index in [1.165, 1.54) is 18.2 Å². The Morgan fingerprint density at radius 3 is 2.84 bits per heavy atom. The SMILES string of the molecule is CN1CCCC1CNC(=O)c1cccc(C(=O)O)n1. The Balaban J connectivity index is 1.96. The number of rotatable bonds is 4. The standard InChI is InChI=1S/C13H17N3O3/c1-16-7-3-4-9(16)8-14-12(17)10-5-2-6-11(15-10)13(18)19/h2,5-6,9H,3-4,7-8H2,1H3,(H,14,17)(H,18,19). The van der Waals surface area contributed by atoms with Gasteiger partial charge < -0.3 is 15.3 Å². The highest BCUT2D eigenvalue weighted by molar-refractivity contribution is 5.94. The van der Waals surface area contributed by atoms with Gasteiger partial charge in [0.1, 0.15) is 11.4 Å². The first-order chi connectivity index (χ1) is 9.08. The zero-order chi connectivity index (χ0) is 13.8. The van der Waals surface area contributed by atoms with Gasteiger partial charge in [-0.15, -0.1) is 0 Å². The van der Waals surface area contributed by atoms with E-state index in [2.05, 4.69) is 15.2 Å². The van der Waals surface area contributed by atoms with E-state index in [1.54, 1.807) is 0 Å². The van der Waals surface area contributed by atoms with Crippen LogP contribution in [0.25, 0.3) is 0 Å². The number of hydrogen-bond donors (Lipinski definition) is 2. The maximum atomic E-state index is 11.9. The molecule has 0 radical (unpaired) electrons. The third-order valence-electron chi connectivity index (χ3n) is 3.37. The smallest absolute Gasteiger partial charge is 0.354 e. The Hall–Kier alpha value is -1.95. The first-order valence-electron chi connectivity index (χ1n) is 6.26. The van der Waals surface area contributed by atoms with Gasteiger partial charge in [-0.05, 0) is 38.6 Å². The van der Waals surface area contributed by atoms with E-state index in [4.69, 9.17) is 5.11 Å². The summed E-state index contributed by atoms with van der Waals surface area (Å²) < 4.78 is 0. The van der Waals surface area contributed by atoms with Crippen LogP contribution in [0.5, 0.6) is 0 Å². The molecular formula is C13H17N3O3. The Kier molecular flexibility index (Phi) is 4.11. The van der Waals surface area contributed by atoms with E-state index >= 15 is 0 Å². The van der Waals surface area contributed by atoms with Crippen LogP contribution in [0.15, 0.2) is 18.2 Å². The Morgan fingerprint density at radius 2 is 2.21 bits per heavy atom. The third-order valence-corrected chi connectivity index (χ3v) is 3.37. The second-order valence-corrected chi connectivity index (χ2v) is 4.70. The van der Waals surface area contributed by atoms with Crippen molar-refractivity contribution in [1.82, 2.24) is 15.2 Å². The maximum Gasteiger partial charge on any atom is 0.354 e. The quantitative estimate of drug-likeness (QED) is 0.831. The third kappa shape index (κ3) is 3.29. The van der Waals surface area contributed by atoms with Crippen LogP contribution in [0, 0.1) is 0 Å². The van der Waals surface area contributed by atoms with Crippen molar-refractivity contribution < 1.29 is 14.7 Å². The summed E-state index contributed by atoms with van der Waals surface area (Å²) in [7, 11) is 2.03. The lowest BCUT2D eigenvalue weighted by atomic mass is 10.2. The summed E-state index contributed by atoms with van der Waals surface area (Å²) in [6, 6.07) is 4.75. The van der Waals surface area contributed by atoms with Crippen molar-refractivity contribution in [3.63, 3.8) is 0 Å². The van der Waals surface area contributed by atoms with Crippen molar-refractivity contribution in [1.29, 1.82) is 0 Å². The van der Waals surface area contributed by atoms with Gasteiger partial charge in [-0.2, -0.15) is 0 Å². The number of carboxylic acid groups (broad SMARTS) is 1. The minimum absolute atomic E-state index is 0.120. The lowest BCUT2D eigenvalue weighted by Gasteiger charge is -2.19. The predicted octanol–water partition coefficient (Wildman–Crippen LogP) is 0.604. The number of nitrogens with zero attached hydrogens (tertiary/aromatic N) is 2. The Morgan fingerprint density at radius 1 is 1.47 bits per heavy atom. The van der Waals surface area contributed by atoms with Crippen molar-refractivity contribution >= 4 is 11.9 Å². The molecule has 2 heterocycles. The van der Waals surface area contributed by atoms with Crippen LogP contribution >= 0.6 is 0 Å². The molecule has 6 heteroatoms. The molecule has 0 aliphatic carbocycles. The average Bonchev–Trinajstić information content (AvgIpc) is 2.81. The zero-order valence-electron chi connectivity index (χ0n) is 10.8. The minimum Gasteiger partial charge on any atom is -0.477 e. The molecule has 1 aliphatic rings. The van der Waals surface area contributed by atoms with Gasteiger partial charge in [0.15, 0.2) is 0 Å². The van der Waals surface area contributed by atoms with Gasteiger partial charge in [0.25, 0.3) is 5.91 Å². The average molecular weight is 263 g/mol. The van der Waals surface area contributed by atoms with Crippen molar-refractivity contribution in [2.75, 3.05) is 20.1 Å². The lowest BCUT2D eigenvalue weighted by molar-refractivity contribution is 0.0690. The van der Waals surface area contributed by atoms with Crippen LogP contribution in [-0.2, 0) is 0 Å².